The Morgan fingerprint density at radius 3 is 2.68 bits per heavy atom. The number of aryl methyl sites for hydroxylation is 1. The minimum Gasteiger partial charge on any atom is -0.381 e. The first kappa shape index (κ1) is 16.0. The first-order chi connectivity index (χ1) is 12.2. The summed E-state index contributed by atoms with van der Waals surface area (Å²) in [5.41, 5.74) is 4.29. The Labute approximate surface area is 147 Å². The minimum atomic E-state index is 0.141. The largest absolute Gasteiger partial charge is 0.381 e. The molecule has 0 saturated carbocycles. The van der Waals surface area contributed by atoms with Gasteiger partial charge in [-0.3, -0.25) is 0 Å². The molecule has 1 fully saturated rings. The summed E-state index contributed by atoms with van der Waals surface area (Å²) in [6.45, 7) is 5.11. The number of rotatable bonds is 4. The van der Waals surface area contributed by atoms with Crippen LogP contribution in [0.5, 0.6) is 0 Å². The molecule has 1 aliphatic rings. The van der Waals surface area contributed by atoms with Crippen molar-refractivity contribution in [3.8, 4) is 0 Å². The Morgan fingerprint density at radius 2 is 1.92 bits per heavy atom. The zero-order valence-electron chi connectivity index (χ0n) is 14.8. The van der Waals surface area contributed by atoms with E-state index in [2.05, 4.69) is 69.0 Å². The van der Waals surface area contributed by atoms with E-state index in [-0.39, 0.29) is 5.41 Å². The molecule has 0 atom stereocenters. The average molecular weight is 336 g/mol. The van der Waals surface area contributed by atoms with Crippen LogP contribution in [0.15, 0.2) is 42.7 Å². The molecule has 130 valence electrons. The van der Waals surface area contributed by atoms with Gasteiger partial charge in [-0.2, -0.15) is 9.61 Å². The van der Waals surface area contributed by atoms with Gasteiger partial charge in [-0.05, 0) is 51.5 Å². The minimum absolute atomic E-state index is 0.141. The van der Waals surface area contributed by atoms with Gasteiger partial charge in [0.05, 0.1) is 11.4 Å². The number of benzene rings is 1. The van der Waals surface area contributed by atoms with Gasteiger partial charge in [0.15, 0.2) is 0 Å². The van der Waals surface area contributed by atoms with Crippen molar-refractivity contribution in [3.05, 3.63) is 54.0 Å². The Morgan fingerprint density at radius 1 is 1.16 bits per heavy atom. The number of hydrogen-bond acceptors (Lipinski definition) is 5. The number of anilines is 1. The molecular formula is C19H24N6. The summed E-state index contributed by atoms with van der Waals surface area (Å²) in [7, 11) is 2.20. The smallest absolute Gasteiger partial charge is 0.200 e. The van der Waals surface area contributed by atoms with Gasteiger partial charge in [-0.25, -0.2) is 0 Å². The molecule has 1 aliphatic heterocycles. The molecule has 2 aromatic heterocycles. The number of likely N-dealkylation sites (tertiary alicyclic amines) is 1. The lowest BCUT2D eigenvalue weighted by atomic mass is 9.72. The average Bonchev–Trinajstić information content (AvgIpc) is 3.10. The van der Waals surface area contributed by atoms with E-state index in [0.29, 0.717) is 0 Å². The van der Waals surface area contributed by atoms with E-state index in [4.69, 9.17) is 0 Å². The maximum Gasteiger partial charge on any atom is 0.200 e. The quantitative estimate of drug-likeness (QED) is 0.793. The number of fused-ring (bicyclic) bond motifs is 1. The second-order valence-electron chi connectivity index (χ2n) is 7.10. The molecule has 1 N–H and O–H groups in total. The van der Waals surface area contributed by atoms with Crippen molar-refractivity contribution in [2.75, 3.05) is 32.0 Å². The number of nitrogens with one attached hydrogen (secondary N) is 1. The van der Waals surface area contributed by atoms with Gasteiger partial charge in [0.1, 0.15) is 6.33 Å². The van der Waals surface area contributed by atoms with Crippen molar-refractivity contribution in [1.29, 1.82) is 0 Å². The lowest BCUT2D eigenvalue weighted by Gasteiger charge is -2.41. The summed E-state index contributed by atoms with van der Waals surface area (Å²) in [4.78, 5) is 2.41. The van der Waals surface area contributed by atoms with Crippen LogP contribution in [0.4, 0.5) is 5.69 Å². The van der Waals surface area contributed by atoms with Crippen molar-refractivity contribution in [3.63, 3.8) is 0 Å². The summed E-state index contributed by atoms with van der Waals surface area (Å²) in [5.74, 6) is 0. The van der Waals surface area contributed by atoms with Crippen molar-refractivity contribution in [2.45, 2.75) is 25.2 Å². The fraction of sp³-hybridized carbons (Fsp3) is 0.421. The third-order valence-electron chi connectivity index (χ3n) is 5.34. The molecule has 4 rings (SSSR count). The maximum atomic E-state index is 4.42. The topological polar surface area (TPSA) is 58.3 Å². The Balaban J connectivity index is 1.64. The van der Waals surface area contributed by atoms with E-state index < -0.39 is 0 Å². The lowest BCUT2D eigenvalue weighted by Crippen LogP contribution is -2.45. The predicted molar refractivity (Wildman–Crippen MR) is 98.9 cm³/mol. The molecule has 25 heavy (non-hydrogen) atoms. The van der Waals surface area contributed by atoms with Gasteiger partial charge in [0, 0.05) is 12.0 Å². The van der Waals surface area contributed by atoms with Crippen LogP contribution in [0.2, 0.25) is 0 Å². The van der Waals surface area contributed by atoms with Crippen molar-refractivity contribution < 1.29 is 0 Å². The Kier molecular flexibility index (Phi) is 4.13. The molecule has 3 aromatic rings. The fourth-order valence-corrected chi connectivity index (χ4v) is 3.75. The van der Waals surface area contributed by atoms with Crippen LogP contribution in [-0.4, -0.2) is 51.4 Å². The molecule has 1 aromatic carbocycles. The monoisotopic (exact) mass is 336 g/mol. The van der Waals surface area contributed by atoms with Gasteiger partial charge in [-0.15, -0.1) is 10.2 Å². The van der Waals surface area contributed by atoms with Crippen molar-refractivity contribution >= 4 is 11.3 Å². The number of piperidine rings is 1. The Bertz CT molecular complexity index is 849. The van der Waals surface area contributed by atoms with Gasteiger partial charge in [-0.1, -0.05) is 30.3 Å². The van der Waals surface area contributed by atoms with Crippen LogP contribution < -0.4 is 5.32 Å². The van der Waals surface area contributed by atoms with Gasteiger partial charge < -0.3 is 10.2 Å². The molecule has 0 spiro atoms. The van der Waals surface area contributed by atoms with Gasteiger partial charge >= 0.3 is 0 Å². The number of nitrogens with zero attached hydrogens (tertiary/aromatic N) is 5. The van der Waals surface area contributed by atoms with Crippen molar-refractivity contribution in [1.82, 2.24) is 24.7 Å². The molecule has 6 nitrogen and oxygen atoms in total. The normalized spacial score (nSPS) is 17.7. The SMILES string of the molecule is Cc1cc(NCC2(c3ccccc3)CCN(C)CC2)c2nncn2n1. The highest BCUT2D eigenvalue weighted by atomic mass is 15.3. The van der Waals surface area contributed by atoms with Gasteiger partial charge in [0.2, 0.25) is 5.65 Å². The van der Waals surface area contributed by atoms with E-state index in [0.717, 1.165) is 49.5 Å². The van der Waals surface area contributed by atoms with Crippen molar-refractivity contribution in [2.24, 2.45) is 0 Å². The second kappa shape index (κ2) is 6.44. The summed E-state index contributed by atoms with van der Waals surface area (Å²) in [6, 6.07) is 12.9. The van der Waals surface area contributed by atoms with Crippen LogP contribution in [0.3, 0.4) is 0 Å². The third-order valence-corrected chi connectivity index (χ3v) is 5.34. The summed E-state index contributed by atoms with van der Waals surface area (Å²) >= 11 is 0. The third kappa shape index (κ3) is 3.09. The summed E-state index contributed by atoms with van der Waals surface area (Å²) in [6.07, 6.45) is 3.94. The molecule has 0 unspecified atom stereocenters. The molecule has 0 amide bonds. The van der Waals surface area contributed by atoms with E-state index in [1.165, 1.54) is 5.56 Å². The van der Waals surface area contributed by atoms with Crippen LogP contribution in [-0.2, 0) is 5.41 Å². The van der Waals surface area contributed by atoms with E-state index in [1.807, 2.05) is 6.92 Å². The standard InChI is InChI=1S/C19H24N6/c1-15-12-17(18-22-21-14-25(18)23-15)20-13-19(8-10-24(2)11-9-19)16-6-4-3-5-7-16/h3-7,12,14,20H,8-11,13H2,1-2H3. The van der Waals surface area contributed by atoms with Crippen LogP contribution in [0.1, 0.15) is 24.1 Å². The highest BCUT2D eigenvalue weighted by Crippen LogP contribution is 2.35. The number of hydrogen-bond donors (Lipinski definition) is 1. The molecule has 6 heteroatoms. The van der Waals surface area contributed by atoms with Crippen LogP contribution in [0, 0.1) is 6.92 Å². The van der Waals surface area contributed by atoms with E-state index >= 15 is 0 Å². The van der Waals surface area contributed by atoms with E-state index in [1.54, 1.807) is 10.8 Å². The zero-order valence-corrected chi connectivity index (χ0v) is 14.8. The Hall–Kier alpha value is -2.47. The molecule has 0 bridgehead atoms. The first-order valence-electron chi connectivity index (χ1n) is 8.82. The lowest BCUT2D eigenvalue weighted by molar-refractivity contribution is 0.195. The molecule has 0 aliphatic carbocycles. The zero-order chi connectivity index (χ0) is 17.3. The summed E-state index contributed by atoms with van der Waals surface area (Å²) < 4.78 is 1.74. The highest BCUT2D eigenvalue weighted by Gasteiger charge is 2.35. The molecular weight excluding hydrogens is 312 g/mol. The highest BCUT2D eigenvalue weighted by molar-refractivity contribution is 5.66. The van der Waals surface area contributed by atoms with E-state index in [9.17, 15) is 0 Å². The molecule has 3 heterocycles. The maximum absolute atomic E-state index is 4.42. The molecule has 0 radical (unpaired) electrons. The number of aromatic nitrogens is 4. The molecule has 1 saturated heterocycles. The van der Waals surface area contributed by atoms with Gasteiger partial charge in [0.25, 0.3) is 0 Å². The predicted octanol–water partition coefficient (Wildman–Crippen LogP) is 2.51. The van der Waals surface area contributed by atoms with Crippen LogP contribution in [0.25, 0.3) is 5.65 Å². The summed E-state index contributed by atoms with van der Waals surface area (Å²) in [5, 5.41) is 16.3. The fourth-order valence-electron chi connectivity index (χ4n) is 3.75. The second-order valence-corrected chi connectivity index (χ2v) is 7.10. The first-order valence-corrected chi connectivity index (χ1v) is 8.82. The van der Waals surface area contributed by atoms with Crippen LogP contribution >= 0.6 is 0 Å².